The quantitative estimate of drug-likeness (QED) is 0.749. The standard InChI is InChI=1S/C16H20ClN3OS/c17-15-4-2-14(3-5-15)16(21)20-10-8-19(9-11-20)7-1-12-22-13-6-18/h2-5H,1,7-13H2. The predicted octanol–water partition coefficient (Wildman–Crippen LogP) is 2.74. The maximum Gasteiger partial charge on any atom is 0.253 e. The number of carbonyl (C=O) groups excluding carboxylic acids is 1. The molecular formula is C16H20ClN3OS. The Morgan fingerprint density at radius 1 is 1.23 bits per heavy atom. The van der Waals surface area contributed by atoms with Gasteiger partial charge < -0.3 is 4.90 Å². The highest BCUT2D eigenvalue weighted by molar-refractivity contribution is 7.99. The van der Waals surface area contributed by atoms with Crippen LogP contribution in [0.2, 0.25) is 5.02 Å². The second-order valence-corrected chi connectivity index (χ2v) is 6.75. The molecule has 118 valence electrons. The average molecular weight is 338 g/mol. The van der Waals surface area contributed by atoms with Gasteiger partial charge in [0.1, 0.15) is 0 Å². The molecule has 0 unspecified atom stereocenters. The summed E-state index contributed by atoms with van der Waals surface area (Å²) in [5.74, 6) is 1.68. The maximum absolute atomic E-state index is 12.4. The van der Waals surface area contributed by atoms with Gasteiger partial charge in [-0.1, -0.05) is 11.6 Å². The van der Waals surface area contributed by atoms with Gasteiger partial charge in [0.2, 0.25) is 0 Å². The van der Waals surface area contributed by atoms with Crippen LogP contribution in [0.4, 0.5) is 0 Å². The van der Waals surface area contributed by atoms with Crippen molar-refractivity contribution < 1.29 is 4.79 Å². The number of hydrogen-bond donors (Lipinski definition) is 0. The molecule has 0 spiro atoms. The van der Waals surface area contributed by atoms with E-state index in [-0.39, 0.29) is 5.91 Å². The third-order valence-corrected chi connectivity index (χ3v) is 4.84. The first-order valence-electron chi connectivity index (χ1n) is 7.42. The lowest BCUT2D eigenvalue weighted by molar-refractivity contribution is 0.0638. The number of rotatable bonds is 6. The van der Waals surface area contributed by atoms with Gasteiger partial charge in [0.05, 0.1) is 11.8 Å². The van der Waals surface area contributed by atoms with Crippen LogP contribution in [-0.2, 0) is 0 Å². The van der Waals surface area contributed by atoms with Gasteiger partial charge in [0, 0.05) is 36.8 Å². The van der Waals surface area contributed by atoms with Gasteiger partial charge >= 0.3 is 0 Å². The first kappa shape index (κ1) is 17.1. The zero-order valence-corrected chi connectivity index (χ0v) is 14.1. The third kappa shape index (κ3) is 5.20. The zero-order chi connectivity index (χ0) is 15.8. The molecule has 0 aliphatic carbocycles. The maximum atomic E-state index is 12.4. The van der Waals surface area contributed by atoms with Gasteiger partial charge in [-0.3, -0.25) is 9.69 Å². The second kappa shape index (κ2) is 9.04. The van der Waals surface area contributed by atoms with Crippen molar-refractivity contribution in [3.63, 3.8) is 0 Å². The van der Waals surface area contributed by atoms with E-state index < -0.39 is 0 Å². The number of thioether (sulfide) groups is 1. The Kier molecular flexibility index (Phi) is 7.04. The van der Waals surface area contributed by atoms with Crippen molar-refractivity contribution in [3.05, 3.63) is 34.9 Å². The lowest BCUT2D eigenvalue weighted by atomic mass is 10.2. The first-order valence-corrected chi connectivity index (χ1v) is 8.96. The lowest BCUT2D eigenvalue weighted by Crippen LogP contribution is -2.48. The number of piperazine rings is 1. The van der Waals surface area contributed by atoms with Gasteiger partial charge in [-0.15, -0.1) is 11.8 Å². The molecule has 1 aromatic rings. The third-order valence-electron chi connectivity index (χ3n) is 3.68. The number of amides is 1. The van der Waals surface area contributed by atoms with Crippen molar-refractivity contribution in [2.75, 3.05) is 44.2 Å². The van der Waals surface area contributed by atoms with Crippen molar-refractivity contribution in [3.8, 4) is 6.07 Å². The van der Waals surface area contributed by atoms with E-state index in [0.717, 1.165) is 44.9 Å². The molecule has 4 nitrogen and oxygen atoms in total. The molecule has 1 heterocycles. The summed E-state index contributed by atoms with van der Waals surface area (Å²) in [4.78, 5) is 16.7. The van der Waals surface area contributed by atoms with Crippen molar-refractivity contribution in [1.82, 2.24) is 9.80 Å². The summed E-state index contributed by atoms with van der Waals surface area (Å²) in [5, 5.41) is 9.13. The highest BCUT2D eigenvalue weighted by atomic mass is 35.5. The molecule has 1 aliphatic rings. The minimum Gasteiger partial charge on any atom is -0.336 e. The zero-order valence-electron chi connectivity index (χ0n) is 12.5. The summed E-state index contributed by atoms with van der Waals surface area (Å²) < 4.78 is 0. The van der Waals surface area contributed by atoms with Gasteiger partial charge in [-0.2, -0.15) is 5.26 Å². The second-order valence-electron chi connectivity index (χ2n) is 5.20. The number of nitrogens with zero attached hydrogens (tertiary/aromatic N) is 3. The fraction of sp³-hybridized carbons (Fsp3) is 0.500. The van der Waals surface area contributed by atoms with Crippen molar-refractivity contribution in [2.24, 2.45) is 0 Å². The van der Waals surface area contributed by atoms with Crippen LogP contribution in [0, 0.1) is 11.3 Å². The van der Waals surface area contributed by atoms with Crippen LogP contribution in [0.1, 0.15) is 16.8 Å². The molecule has 1 aromatic carbocycles. The van der Waals surface area contributed by atoms with Crippen molar-refractivity contribution in [2.45, 2.75) is 6.42 Å². The molecule has 0 N–H and O–H groups in total. The Morgan fingerprint density at radius 3 is 2.55 bits per heavy atom. The summed E-state index contributed by atoms with van der Waals surface area (Å²) in [5.41, 5.74) is 0.700. The number of carbonyl (C=O) groups is 1. The highest BCUT2D eigenvalue weighted by Gasteiger charge is 2.21. The molecule has 0 atom stereocenters. The normalized spacial score (nSPS) is 15.5. The molecule has 0 saturated carbocycles. The highest BCUT2D eigenvalue weighted by Crippen LogP contribution is 2.13. The Labute approximate surface area is 141 Å². The number of benzene rings is 1. The van der Waals surface area contributed by atoms with Crippen molar-refractivity contribution in [1.29, 1.82) is 5.26 Å². The van der Waals surface area contributed by atoms with E-state index in [4.69, 9.17) is 16.9 Å². The monoisotopic (exact) mass is 337 g/mol. The van der Waals surface area contributed by atoms with Crippen LogP contribution in [0.25, 0.3) is 0 Å². The van der Waals surface area contributed by atoms with Crippen LogP contribution in [0.15, 0.2) is 24.3 Å². The van der Waals surface area contributed by atoms with E-state index in [0.29, 0.717) is 16.3 Å². The van der Waals surface area contributed by atoms with Gasteiger partial charge in [-0.05, 0) is 43.0 Å². The number of halogens is 1. The van der Waals surface area contributed by atoms with Crippen LogP contribution in [0.3, 0.4) is 0 Å². The van der Waals surface area contributed by atoms with E-state index in [1.807, 2.05) is 4.90 Å². The van der Waals surface area contributed by atoms with E-state index in [1.165, 1.54) is 0 Å². The minimum absolute atomic E-state index is 0.0842. The van der Waals surface area contributed by atoms with E-state index in [2.05, 4.69) is 11.0 Å². The summed E-state index contributed by atoms with van der Waals surface area (Å²) in [6.07, 6.45) is 1.09. The van der Waals surface area contributed by atoms with Crippen LogP contribution in [-0.4, -0.2) is 59.9 Å². The van der Waals surface area contributed by atoms with E-state index in [9.17, 15) is 4.79 Å². The summed E-state index contributed by atoms with van der Waals surface area (Å²) >= 11 is 7.53. The Morgan fingerprint density at radius 2 is 1.91 bits per heavy atom. The Hall–Kier alpha value is -1.22. The van der Waals surface area contributed by atoms with Gasteiger partial charge in [0.15, 0.2) is 0 Å². The Balaban J connectivity index is 1.71. The smallest absolute Gasteiger partial charge is 0.253 e. The molecule has 1 aliphatic heterocycles. The molecule has 1 fully saturated rings. The number of hydrogen-bond acceptors (Lipinski definition) is 4. The molecule has 6 heteroatoms. The molecule has 0 aromatic heterocycles. The summed E-state index contributed by atoms with van der Waals surface area (Å²) in [6.45, 7) is 4.42. The molecule has 1 amide bonds. The molecular weight excluding hydrogens is 318 g/mol. The van der Waals surface area contributed by atoms with E-state index in [1.54, 1.807) is 36.0 Å². The molecule has 2 rings (SSSR count). The first-order chi connectivity index (χ1) is 10.7. The molecule has 0 radical (unpaired) electrons. The fourth-order valence-electron chi connectivity index (χ4n) is 2.46. The topological polar surface area (TPSA) is 47.3 Å². The minimum atomic E-state index is 0.0842. The van der Waals surface area contributed by atoms with Crippen LogP contribution >= 0.6 is 23.4 Å². The molecule has 1 saturated heterocycles. The summed E-state index contributed by atoms with van der Waals surface area (Å²) in [7, 11) is 0. The predicted molar refractivity (Wildman–Crippen MR) is 91.4 cm³/mol. The van der Waals surface area contributed by atoms with Crippen molar-refractivity contribution >= 4 is 29.3 Å². The van der Waals surface area contributed by atoms with Gasteiger partial charge in [-0.25, -0.2) is 0 Å². The lowest BCUT2D eigenvalue weighted by Gasteiger charge is -2.34. The fourth-order valence-corrected chi connectivity index (χ4v) is 3.15. The molecule has 22 heavy (non-hydrogen) atoms. The molecule has 0 bridgehead atoms. The van der Waals surface area contributed by atoms with Crippen LogP contribution < -0.4 is 0 Å². The number of nitriles is 1. The average Bonchev–Trinajstić information content (AvgIpc) is 2.55. The van der Waals surface area contributed by atoms with E-state index >= 15 is 0 Å². The summed E-state index contributed by atoms with van der Waals surface area (Å²) in [6, 6.07) is 9.21. The Bertz CT molecular complexity index is 521. The SMILES string of the molecule is N#CCSCCCN1CCN(C(=O)c2ccc(Cl)cc2)CC1. The largest absolute Gasteiger partial charge is 0.336 e. The van der Waals surface area contributed by atoms with Gasteiger partial charge in [0.25, 0.3) is 5.91 Å². The van der Waals surface area contributed by atoms with Crippen LogP contribution in [0.5, 0.6) is 0 Å².